The molecule has 0 aliphatic carbocycles. The lowest BCUT2D eigenvalue weighted by Crippen LogP contribution is -2.49. The van der Waals surface area contributed by atoms with Gasteiger partial charge < -0.3 is 0 Å². The van der Waals surface area contributed by atoms with E-state index in [9.17, 15) is 13.2 Å². The molecular formula is C8H13BrF3N. The van der Waals surface area contributed by atoms with Crippen LogP contribution in [0.1, 0.15) is 19.3 Å². The number of rotatable bonds is 2. The third kappa shape index (κ3) is 3.13. The van der Waals surface area contributed by atoms with Crippen LogP contribution in [0, 0.1) is 0 Å². The molecule has 1 rings (SSSR count). The Balaban J connectivity index is 2.54. The first-order chi connectivity index (χ1) is 6.05. The lowest BCUT2D eigenvalue weighted by atomic mass is 10.1. The van der Waals surface area contributed by atoms with Gasteiger partial charge in [0.05, 0.1) is 0 Å². The fourth-order valence-corrected chi connectivity index (χ4v) is 2.40. The molecule has 1 aliphatic heterocycles. The highest BCUT2D eigenvalue weighted by Crippen LogP contribution is 2.28. The molecule has 0 aromatic carbocycles. The van der Waals surface area contributed by atoms with Gasteiger partial charge in [-0.1, -0.05) is 22.4 Å². The molecular weight excluding hydrogens is 247 g/mol. The summed E-state index contributed by atoms with van der Waals surface area (Å²) in [4.78, 5) is 1.53. The van der Waals surface area contributed by atoms with Gasteiger partial charge in [-0.05, 0) is 25.9 Å². The molecule has 0 bridgehead atoms. The van der Waals surface area contributed by atoms with E-state index in [4.69, 9.17) is 0 Å². The van der Waals surface area contributed by atoms with Crippen molar-refractivity contribution in [2.45, 2.75) is 31.5 Å². The molecule has 13 heavy (non-hydrogen) atoms. The normalized spacial score (nSPS) is 23.1. The first-order valence-electron chi connectivity index (χ1n) is 4.42. The molecule has 1 saturated heterocycles. The molecule has 0 radical (unpaired) electrons. The van der Waals surface area contributed by atoms with E-state index in [0.717, 1.165) is 19.3 Å². The molecule has 0 aromatic rings. The van der Waals surface area contributed by atoms with Crippen molar-refractivity contribution in [2.24, 2.45) is 0 Å². The molecule has 1 fully saturated rings. The van der Waals surface area contributed by atoms with E-state index in [2.05, 4.69) is 15.9 Å². The van der Waals surface area contributed by atoms with Crippen molar-refractivity contribution >= 4 is 15.9 Å². The third-order valence-corrected chi connectivity index (χ3v) is 2.97. The number of hydrogen-bond acceptors (Lipinski definition) is 1. The number of halogens is 4. The Morgan fingerprint density at radius 1 is 1.15 bits per heavy atom. The van der Waals surface area contributed by atoms with E-state index in [-0.39, 0.29) is 5.33 Å². The Bertz CT molecular complexity index is 154. The zero-order valence-electron chi connectivity index (χ0n) is 7.28. The van der Waals surface area contributed by atoms with Crippen LogP contribution in [0.2, 0.25) is 0 Å². The summed E-state index contributed by atoms with van der Waals surface area (Å²) >= 11 is 2.93. The minimum absolute atomic E-state index is 0.0174. The van der Waals surface area contributed by atoms with Crippen molar-refractivity contribution in [3.8, 4) is 0 Å². The van der Waals surface area contributed by atoms with Gasteiger partial charge in [-0.3, -0.25) is 4.90 Å². The van der Waals surface area contributed by atoms with Gasteiger partial charge in [-0.15, -0.1) is 0 Å². The summed E-state index contributed by atoms with van der Waals surface area (Å²) in [6.45, 7) is 1.16. The zero-order chi connectivity index (χ0) is 9.90. The maximum Gasteiger partial charge on any atom is 0.404 e. The third-order valence-electron chi connectivity index (χ3n) is 2.36. The average molecular weight is 260 g/mol. The van der Waals surface area contributed by atoms with Crippen LogP contribution in [-0.2, 0) is 0 Å². The first-order valence-corrected chi connectivity index (χ1v) is 5.54. The van der Waals surface area contributed by atoms with Crippen LogP contribution in [0.5, 0.6) is 0 Å². The molecule has 1 atom stereocenters. The van der Waals surface area contributed by atoms with Crippen molar-refractivity contribution in [1.82, 2.24) is 4.90 Å². The van der Waals surface area contributed by atoms with Gasteiger partial charge in [0.25, 0.3) is 0 Å². The summed E-state index contributed by atoms with van der Waals surface area (Å²) in [7, 11) is 0. The Kier molecular flexibility index (Phi) is 4.04. The van der Waals surface area contributed by atoms with Gasteiger partial charge in [0, 0.05) is 5.33 Å². The molecule has 1 aliphatic rings. The number of piperidine rings is 1. The topological polar surface area (TPSA) is 3.24 Å². The Morgan fingerprint density at radius 2 is 1.69 bits per heavy atom. The molecule has 0 saturated carbocycles. The van der Waals surface area contributed by atoms with Crippen molar-refractivity contribution in [3.05, 3.63) is 0 Å². The fraction of sp³-hybridized carbons (Fsp3) is 1.00. The predicted molar refractivity (Wildman–Crippen MR) is 49.1 cm³/mol. The zero-order valence-corrected chi connectivity index (χ0v) is 8.87. The summed E-state index contributed by atoms with van der Waals surface area (Å²) in [5, 5.41) is -0.0174. The highest BCUT2D eigenvalue weighted by atomic mass is 79.9. The minimum atomic E-state index is -4.10. The number of alkyl halides is 4. The average Bonchev–Trinajstić information content (AvgIpc) is 2.05. The van der Waals surface area contributed by atoms with Crippen LogP contribution < -0.4 is 0 Å². The summed E-state index contributed by atoms with van der Waals surface area (Å²) < 4.78 is 37.3. The first kappa shape index (κ1) is 11.3. The van der Waals surface area contributed by atoms with Crippen molar-refractivity contribution in [1.29, 1.82) is 0 Å². The summed E-state index contributed by atoms with van der Waals surface area (Å²) in [5.74, 6) is 0. The molecule has 1 heterocycles. The summed E-state index contributed by atoms with van der Waals surface area (Å²) in [6.07, 6.45) is -1.26. The second-order valence-electron chi connectivity index (χ2n) is 3.31. The maximum absolute atomic E-state index is 12.4. The molecule has 5 heteroatoms. The van der Waals surface area contributed by atoms with Crippen LogP contribution in [0.3, 0.4) is 0 Å². The minimum Gasteiger partial charge on any atom is -0.292 e. The second kappa shape index (κ2) is 4.64. The van der Waals surface area contributed by atoms with Gasteiger partial charge in [0.15, 0.2) is 0 Å². The maximum atomic E-state index is 12.4. The largest absolute Gasteiger partial charge is 0.404 e. The van der Waals surface area contributed by atoms with Crippen molar-refractivity contribution in [3.63, 3.8) is 0 Å². The van der Waals surface area contributed by atoms with Crippen LogP contribution in [0.25, 0.3) is 0 Å². The Labute approximate surface area is 84.4 Å². The molecule has 0 spiro atoms. The lowest BCUT2D eigenvalue weighted by Gasteiger charge is -2.34. The van der Waals surface area contributed by atoms with E-state index in [0.29, 0.717) is 13.1 Å². The van der Waals surface area contributed by atoms with Crippen LogP contribution >= 0.6 is 15.9 Å². The highest BCUT2D eigenvalue weighted by molar-refractivity contribution is 9.09. The fourth-order valence-electron chi connectivity index (χ4n) is 1.62. The van der Waals surface area contributed by atoms with E-state index in [1.165, 1.54) is 4.90 Å². The number of likely N-dealkylation sites (tertiary alicyclic amines) is 1. The smallest absolute Gasteiger partial charge is 0.292 e. The molecule has 0 aromatic heterocycles. The monoisotopic (exact) mass is 259 g/mol. The lowest BCUT2D eigenvalue weighted by molar-refractivity contribution is -0.178. The van der Waals surface area contributed by atoms with Gasteiger partial charge in [-0.2, -0.15) is 13.2 Å². The van der Waals surface area contributed by atoms with Gasteiger partial charge in [0.2, 0.25) is 0 Å². The molecule has 0 amide bonds. The standard InChI is InChI=1S/C8H13BrF3N/c9-6-7(8(10,11)12)13-4-2-1-3-5-13/h7H,1-6H2/t7-/m1/s1. The van der Waals surface area contributed by atoms with Crippen LogP contribution in [0.4, 0.5) is 13.2 Å². The number of hydrogen-bond donors (Lipinski definition) is 0. The van der Waals surface area contributed by atoms with Gasteiger partial charge in [0.1, 0.15) is 6.04 Å². The molecule has 78 valence electrons. The SMILES string of the molecule is FC(F)(F)[C@@H](CBr)N1CCCCC1. The van der Waals surface area contributed by atoms with Crippen LogP contribution in [0.15, 0.2) is 0 Å². The van der Waals surface area contributed by atoms with E-state index in [1.54, 1.807) is 0 Å². The van der Waals surface area contributed by atoms with Crippen molar-refractivity contribution < 1.29 is 13.2 Å². The number of nitrogens with zero attached hydrogens (tertiary/aromatic N) is 1. The molecule has 0 unspecified atom stereocenters. The van der Waals surface area contributed by atoms with Crippen LogP contribution in [-0.4, -0.2) is 35.5 Å². The second-order valence-corrected chi connectivity index (χ2v) is 3.96. The van der Waals surface area contributed by atoms with E-state index >= 15 is 0 Å². The molecule has 0 N–H and O–H groups in total. The summed E-state index contributed by atoms with van der Waals surface area (Å²) in [6, 6.07) is -1.30. The Morgan fingerprint density at radius 3 is 2.08 bits per heavy atom. The van der Waals surface area contributed by atoms with E-state index < -0.39 is 12.2 Å². The Hall–Kier alpha value is 0.230. The van der Waals surface area contributed by atoms with Gasteiger partial charge >= 0.3 is 6.18 Å². The van der Waals surface area contributed by atoms with Gasteiger partial charge in [-0.25, -0.2) is 0 Å². The quantitative estimate of drug-likeness (QED) is 0.690. The van der Waals surface area contributed by atoms with E-state index in [1.807, 2.05) is 0 Å². The summed E-state index contributed by atoms with van der Waals surface area (Å²) in [5.41, 5.74) is 0. The molecule has 1 nitrogen and oxygen atoms in total. The predicted octanol–water partition coefficient (Wildman–Crippen LogP) is 2.80. The van der Waals surface area contributed by atoms with Crippen molar-refractivity contribution in [2.75, 3.05) is 18.4 Å². The highest BCUT2D eigenvalue weighted by Gasteiger charge is 2.42.